The van der Waals surface area contributed by atoms with E-state index in [0.717, 1.165) is 0 Å². The minimum absolute atomic E-state index is 0.328. The topological polar surface area (TPSA) is 43.4 Å². The molecule has 10 heavy (non-hydrogen) atoms. The van der Waals surface area contributed by atoms with Crippen LogP contribution in [0, 0.1) is 0 Å². The fourth-order valence-corrected chi connectivity index (χ4v) is 0.867. The van der Waals surface area contributed by atoms with Gasteiger partial charge in [0.05, 0.1) is 0 Å². The van der Waals surface area contributed by atoms with Gasteiger partial charge in [-0.3, -0.25) is 0 Å². The van der Waals surface area contributed by atoms with Crippen LogP contribution in [0.5, 0.6) is 0 Å². The summed E-state index contributed by atoms with van der Waals surface area (Å²) in [6.45, 7) is 0. The summed E-state index contributed by atoms with van der Waals surface area (Å²) in [6.07, 6.45) is 1.57. The summed E-state index contributed by atoms with van der Waals surface area (Å²) in [7, 11) is 0. The fraction of sp³-hybridized carbons (Fsp3) is 0.333. The highest BCUT2D eigenvalue weighted by molar-refractivity contribution is 6.18. The van der Waals surface area contributed by atoms with Crippen LogP contribution in [-0.2, 0) is 14.3 Å². The maximum atomic E-state index is 10.6. The molecule has 1 rings (SSSR count). The standard InChI is InChI=1S/C6H5ClO3/c7-2-1-4-3-5(8)10-6(4)9/h3H,1-2H2. The zero-order chi connectivity index (χ0) is 7.56. The van der Waals surface area contributed by atoms with Crippen LogP contribution in [0.25, 0.3) is 0 Å². The van der Waals surface area contributed by atoms with Crippen molar-refractivity contribution in [3.8, 4) is 0 Å². The van der Waals surface area contributed by atoms with Gasteiger partial charge in [-0.25, -0.2) is 9.59 Å². The molecule has 4 heteroatoms. The Kier molecular flexibility index (Phi) is 2.06. The van der Waals surface area contributed by atoms with Gasteiger partial charge in [-0.05, 0) is 6.42 Å². The van der Waals surface area contributed by atoms with E-state index in [0.29, 0.717) is 17.9 Å². The number of alkyl halides is 1. The molecule has 0 radical (unpaired) electrons. The number of carbonyl (C=O) groups is 2. The lowest BCUT2D eigenvalue weighted by molar-refractivity contribution is -0.150. The van der Waals surface area contributed by atoms with E-state index in [9.17, 15) is 9.59 Å². The first kappa shape index (κ1) is 7.28. The molecule has 0 saturated carbocycles. The molecule has 0 fully saturated rings. The minimum Gasteiger partial charge on any atom is -0.386 e. The van der Waals surface area contributed by atoms with Gasteiger partial charge in [0.2, 0.25) is 0 Å². The van der Waals surface area contributed by atoms with Crippen LogP contribution in [0.15, 0.2) is 11.6 Å². The quantitative estimate of drug-likeness (QED) is 0.338. The summed E-state index contributed by atoms with van der Waals surface area (Å²) >= 11 is 5.33. The molecular formula is C6H5ClO3. The third-order valence-electron chi connectivity index (χ3n) is 1.11. The Bertz CT molecular complexity index is 207. The van der Waals surface area contributed by atoms with E-state index in [2.05, 4.69) is 4.74 Å². The average Bonchev–Trinajstić information content (AvgIpc) is 2.13. The second-order valence-electron chi connectivity index (χ2n) is 1.82. The van der Waals surface area contributed by atoms with Crippen LogP contribution >= 0.6 is 11.6 Å². The van der Waals surface area contributed by atoms with Crippen molar-refractivity contribution >= 4 is 23.5 Å². The second kappa shape index (κ2) is 2.84. The van der Waals surface area contributed by atoms with Crippen molar-refractivity contribution in [2.45, 2.75) is 6.42 Å². The van der Waals surface area contributed by atoms with Gasteiger partial charge in [-0.1, -0.05) is 0 Å². The molecule has 1 aliphatic heterocycles. The van der Waals surface area contributed by atoms with E-state index in [4.69, 9.17) is 11.6 Å². The van der Waals surface area contributed by atoms with Crippen molar-refractivity contribution in [3.63, 3.8) is 0 Å². The Labute approximate surface area is 62.6 Å². The number of cyclic esters (lactones) is 2. The first-order valence-corrected chi connectivity index (χ1v) is 3.30. The second-order valence-corrected chi connectivity index (χ2v) is 2.20. The molecule has 0 aromatic rings. The van der Waals surface area contributed by atoms with Crippen LogP contribution in [0.3, 0.4) is 0 Å². The number of ether oxygens (including phenoxy) is 1. The monoisotopic (exact) mass is 160 g/mol. The molecule has 0 aliphatic carbocycles. The van der Waals surface area contributed by atoms with Crippen molar-refractivity contribution in [2.75, 3.05) is 5.88 Å². The first-order valence-electron chi connectivity index (χ1n) is 2.76. The number of hydrogen-bond donors (Lipinski definition) is 0. The van der Waals surface area contributed by atoms with Crippen LogP contribution < -0.4 is 0 Å². The molecule has 54 valence electrons. The largest absolute Gasteiger partial charge is 0.386 e. The number of hydrogen-bond acceptors (Lipinski definition) is 3. The van der Waals surface area contributed by atoms with E-state index in [1.54, 1.807) is 0 Å². The molecule has 0 unspecified atom stereocenters. The highest BCUT2D eigenvalue weighted by atomic mass is 35.5. The highest BCUT2D eigenvalue weighted by Gasteiger charge is 2.22. The van der Waals surface area contributed by atoms with Crippen molar-refractivity contribution in [1.29, 1.82) is 0 Å². The maximum absolute atomic E-state index is 10.6. The Balaban J connectivity index is 2.65. The molecule has 0 bridgehead atoms. The van der Waals surface area contributed by atoms with Crippen molar-refractivity contribution in [3.05, 3.63) is 11.6 Å². The predicted octanol–water partition coefficient (Wildman–Crippen LogP) is 0.625. The fourth-order valence-electron chi connectivity index (χ4n) is 0.664. The predicted molar refractivity (Wildman–Crippen MR) is 34.5 cm³/mol. The molecular weight excluding hydrogens is 156 g/mol. The van der Waals surface area contributed by atoms with E-state index in [1.807, 2.05) is 0 Å². The van der Waals surface area contributed by atoms with Gasteiger partial charge in [0.25, 0.3) is 0 Å². The van der Waals surface area contributed by atoms with E-state index < -0.39 is 11.9 Å². The summed E-state index contributed by atoms with van der Waals surface area (Å²) in [4.78, 5) is 21.0. The maximum Gasteiger partial charge on any atom is 0.342 e. The number of carbonyl (C=O) groups excluding carboxylic acids is 2. The number of halogens is 1. The van der Waals surface area contributed by atoms with Gasteiger partial charge >= 0.3 is 11.9 Å². The van der Waals surface area contributed by atoms with Crippen LogP contribution in [0.1, 0.15) is 6.42 Å². The molecule has 1 aliphatic rings. The Morgan fingerprint density at radius 3 is 2.60 bits per heavy atom. The van der Waals surface area contributed by atoms with Gasteiger partial charge in [0.15, 0.2) is 0 Å². The molecule has 0 spiro atoms. The van der Waals surface area contributed by atoms with Gasteiger partial charge in [0.1, 0.15) is 0 Å². The van der Waals surface area contributed by atoms with E-state index in [1.165, 1.54) is 6.08 Å². The molecule has 1 heterocycles. The molecule has 0 atom stereocenters. The SMILES string of the molecule is O=C1C=C(CCCl)C(=O)O1. The highest BCUT2D eigenvalue weighted by Crippen LogP contribution is 2.12. The zero-order valence-corrected chi connectivity index (χ0v) is 5.85. The summed E-state index contributed by atoms with van der Waals surface area (Å²) in [5.41, 5.74) is 0.361. The summed E-state index contributed by atoms with van der Waals surface area (Å²) in [6, 6.07) is 0. The van der Waals surface area contributed by atoms with Gasteiger partial charge in [0, 0.05) is 17.5 Å². The molecule has 0 aromatic carbocycles. The minimum atomic E-state index is -0.592. The lowest BCUT2D eigenvalue weighted by Crippen LogP contribution is -2.01. The van der Waals surface area contributed by atoms with Crippen LogP contribution in [-0.4, -0.2) is 17.8 Å². The van der Waals surface area contributed by atoms with Crippen molar-refractivity contribution in [2.24, 2.45) is 0 Å². The van der Waals surface area contributed by atoms with Crippen LogP contribution in [0.2, 0.25) is 0 Å². The van der Waals surface area contributed by atoms with E-state index >= 15 is 0 Å². The molecule has 0 amide bonds. The van der Waals surface area contributed by atoms with E-state index in [-0.39, 0.29) is 0 Å². The number of rotatable bonds is 2. The Morgan fingerprint density at radius 2 is 2.20 bits per heavy atom. The lowest BCUT2D eigenvalue weighted by Gasteiger charge is -1.90. The van der Waals surface area contributed by atoms with Crippen molar-refractivity contribution < 1.29 is 14.3 Å². The third-order valence-corrected chi connectivity index (χ3v) is 1.30. The molecule has 0 saturated heterocycles. The van der Waals surface area contributed by atoms with Crippen molar-refractivity contribution in [1.82, 2.24) is 0 Å². The third kappa shape index (κ3) is 1.36. The van der Waals surface area contributed by atoms with Crippen LogP contribution in [0.4, 0.5) is 0 Å². The summed E-state index contributed by atoms with van der Waals surface area (Å²) < 4.78 is 4.20. The normalized spacial score (nSPS) is 17.1. The van der Waals surface area contributed by atoms with Gasteiger partial charge < -0.3 is 4.74 Å². The number of esters is 2. The summed E-state index contributed by atoms with van der Waals surface area (Å²) in [5, 5.41) is 0. The molecule has 0 N–H and O–H groups in total. The molecule has 3 nitrogen and oxygen atoms in total. The molecule has 0 aromatic heterocycles. The smallest absolute Gasteiger partial charge is 0.342 e. The first-order chi connectivity index (χ1) is 4.74. The zero-order valence-electron chi connectivity index (χ0n) is 5.09. The Morgan fingerprint density at radius 1 is 1.50 bits per heavy atom. The van der Waals surface area contributed by atoms with Gasteiger partial charge in [-0.2, -0.15) is 0 Å². The van der Waals surface area contributed by atoms with Gasteiger partial charge in [-0.15, -0.1) is 11.6 Å². The Hall–Kier alpha value is -0.830. The average molecular weight is 161 g/mol. The summed E-state index contributed by atoms with van der Waals surface area (Å²) in [5.74, 6) is -0.829. The lowest BCUT2D eigenvalue weighted by atomic mass is 10.2.